The standard InChI is InChI=1S/C24H25BrN2O3S/c1-3-19-8-12-22(13-9-19)26-24(28)17-27(16-20-6-4-18(2)5-7-20)31(29,30)23-14-10-21(25)11-15-23/h4-15H,3,16-17H2,1-2H3,(H,26,28). The minimum absolute atomic E-state index is 0.0981. The molecule has 5 nitrogen and oxygen atoms in total. The highest BCUT2D eigenvalue weighted by Crippen LogP contribution is 2.21. The van der Waals surface area contributed by atoms with Crippen LogP contribution in [0.1, 0.15) is 23.6 Å². The quantitative estimate of drug-likeness (QED) is 0.464. The Labute approximate surface area is 192 Å². The van der Waals surface area contributed by atoms with E-state index in [0.717, 1.165) is 27.6 Å². The van der Waals surface area contributed by atoms with Crippen LogP contribution in [0.25, 0.3) is 0 Å². The van der Waals surface area contributed by atoms with Gasteiger partial charge in [0.2, 0.25) is 15.9 Å². The fourth-order valence-corrected chi connectivity index (χ4v) is 4.71. The van der Waals surface area contributed by atoms with Crippen molar-refractivity contribution >= 4 is 37.5 Å². The summed E-state index contributed by atoms with van der Waals surface area (Å²) in [5, 5.41) is 2.80. The maximum atomic E-state index is 13.3. The highest BCUT2D eigenvalue weighted by molar-refractivity contribution is 9.10. The average molecular weight is 501 g/mol. The Kier molecular flexibility index (Phi) is 7.64. The van der Waals surface area contributed by atoms with Gasteiger partial charge < -0.3 is 5.32 Å². The first-order valence-electron chi connectivity index (χ1n) is 9.98. The Morgan fingerprint density at radius 2 is 1.48 bits per heavy atom. The van der Waals surface area contributed by atoms with Gasteiger partial charge in [-0.1, -0.05) is 64.8 Å². The van der Waals surface area contributed by atoms with Crippen molar-refractivity contribution in [3.8, 4) is 0 Å². The number of carbonyl (C=O) groups is 1. The molecule has 0 aromatic heterocycles. The van der Waals surface area contributed by atoms with Crippen LogP contribution in [0, 0.1) is 6.92 Å². The molecular formula is C24H25BrN2O3S. The fourth-order valence-electron chi connectivity index (χ4n) is 3.06. The van der Waals surface area contributed by atoms with Crippen LogP contribution in [0.5, 0.6) is 0 Å². The summed E-state index contributed by atoms with van der Waals surface area (Å²) in [5.74, 6) is -0.392. The SMILES string of the molecule is CCc1ccc(NC(=O)CN(Cc2ccc(C)cc2)S(=O)(=O)c2ccc(Br)cc2)cc1. The third-order valence-electron chi connectivity index (χ3n) is 4.90. The van der Waals surface area contributed by atoms with Gasteiger partial charge in [0.25, 0.3) is 0 Å². The lowest BCUT2D eigenvalue weighted by atomic mass is 10.1. The Morgan fingerprint density at radius 3 is 2.06 bits per heavy atom. The number of halogens is 1. The van der Waals surface area contributed by atoms with Crippen LogP contribution in [0.3, 0.4) is 0 Å². The van der Waals surface area contributed by atoms with E-state index in [-0.39, 0.29) is 18.0 Å². The maximum Gasteiger partial charge on any atom is 0.243 e. The van der Waals surface area contributed by atoms with Crippen LogP contribution < -0.4 is 5.32 Å². The second kappa shape index (κ2) is 10.2. The summed E-state index contributed by atoms with van der Waals surface area (Å²) in [6.45, 7) is 3.84. The van der Waals surface area contributed by atoms with Gasteiger partial charge in [0, 0.05) is 16.7 Å². The zero-order chi connectivity index (χ0) is 22.4. The topological polar surface area (TPSA) is 66.5 Å². The first kappa shape index (κ1) is 23.2. The number of anilines is 1. The highest BCUT2D eigenvalue weighted by atomic mass is 79.9. The van der Waals surface area contributed by atoms with Gasteiger partial charge in [0.1, 0.15) is 0 Å². The molecule has 3 aromatic carbocycles. The van der Waals surface area contributed by atoms with Crippen LogP contribution in [0.15, 0.2) is 82.2 Å². The summed E-state index contributed by atoms with van der Waals surface area (Å²) >= 11 is 3.32. The molecule has 3 rings (SSSR count). The fraction of sp³-hybridized carbons (Fsp3) is 0.208. The number of benzene rings is 3. The van der Waals surface area contributed by atoms with Crippen LogP contribution in [-0.2, 0) is 27.8 Å². The Morgan fingerprint density at radius 1 is 0.903 bits per heavy atom. The monoisotopic (exact) mass is 500 g/mol. The van der Waals surface area contributed by atoms with Gasteiger partial charge in [-0.25, -0.2) is 8.42 Å². The van der Waals surface area contributed by atoms with Crippen LogP contribution in [0.4, 0.5) is 5.69 Å². The molecule has 0 radical (unpaired) electrons. The number of nitrogens with one attached hydrogen (secondary N) is 1. The van der Waals surface area contributed by atoms with Crippen molar-refractivity contribution in [2.75, 3.05) is 11.9 Å². The molecule has 0 heterocycles. The molecule has 0 atom stereocenters. The van der Waals surface area contributed by atoms with E-state index in [9.17, 15) is 13.2 Å². The van der Waals surface area contributed by atoms with Crippen LogP contribution >= 0.6 is 15.9 Å². The first-order valence-corrected chi connectivity index (χ1v) is 12.2. The second-order valence-corrected chi connectivity index (χ2v) is 10.2. The zero-order valence-corrected chi connectivity index (χ0v) is 19.9. The molecule has 0 aliphatic heterocycles. The molecule has 0 spiro atoms. The summed E-state index contributed by atoms with van der Waals surface area (Å²) in [4.78, 5) is 12.9. The van der Waals surface area contributed by atoms with E-state index in [1.165, 1.54) is 16.4 Å². The molecule has 0 saturated carbocycles. The van der Waals surface area contributed by atoms with E-state index < -0.39 is 15.9 Å². The number of carbonyl (C=O) groups excluding carboxylic acids is 1. The van der Waals surface area contributed by atoms with Gasteiger partial charge >= 0.3 is 0 Å². The van der Waals surface area contributed by atoms with Crippen molar-refractivity contribution < 1.29 is 13.2 Å². The lowest BCUT2D eigenvalue weighted by Gasteiger charge is -2.22. The zero-order valence-electron chi connectivity index (χ0n) is 17.5. The van der Waals surface area contributed by atoms with Gasteiger partial charge in [-0.3, -0.25) is 4.79 Å². The maximum absolute atomic E-state index is 13.3. The molecular weight excluding hydrogens is 476 g/mol. The van der Waals surface area contributed by atoms with E-state index in [4.69, 9.17) is 0 Å². The number of aryl methyl sites for hydroxylation is 2. The van der Waals surface area contributed by atoms with Crippen molar-refractivity contribution in [3.63, 3.8) is 0 Å². The van der Waals surface area contributed by atoms with Crippen molar-refractivity contribution in [3.05, 3.63) is 94.0 Å². The third-order valence-corrected chi connectivity index (χ3v) is 7.23. The molecule has 0 saturated heterocycles. The van der Waals surface area contributed by atoms with Gasteiger partial charge in [-0.2, -0.15) is 4.31 Å². The van der Waals surface area contributed by atoms with Gasteiger partial charge in [0.05, 0.1) is 11.4 Å². The van der Waals surface area contributed by atoms with E-state index >= 15 is 0 Å². The minimum atomic E-state index is -3.87. The van der Waals surface area contributed by atoms with Gasteiger partial charge in [0.15, 0.2) is 0 Å². The molecule has 0 unspecified atom stereocenters. The van der Waals surface area contributed by atoms with Crippen molar-refractivity contribution in [2.24, 2.45) is 0 Å². The van der Waals surface area contributed by atoms with Gasteiger partial charge in [-0.15, -0.1) is 0 Å². The van der Waals surface area contributed by atoms with E-state index in [1.807, 2.05) is 55.5 Å². The number of sulfonamides is 1. The normalized spacial score (nSPS) is 11.5. The molecule has 0 aliphatic rings. The lowest BCUT2D eigenvalue weighted by Crippen LogP contribution is -2.37. The number of rotatable bonds is 8. The number of hydrogen-bond acceptors (Lipinski definition) is 3. The molecule has 0 bridgehead atoms. The predicted octanol–water partition coefficient (Wildman–Crippen LogP) is 5.15. The number of nitrogens with zero attached hydrogens (tertiary/aromatic N) is 1. The summed E-state index contributed by atoms with van der Waals surface area (Å²) in [6, 6.07) is 21.5. The van der Waals surface area contributed by atoms with E-state index in [2.05, 4.69) is 28.2 Å². The predicted molar refractivity (Wildman–Crippen MR) is 127 cm³/mol. The average Bonchev–Trinajstić information content (AvgIpc) is 2.75. The molecule has 31 heavy (non-hydrogen) atoms. The Bertz CT molecular complexity index is 1130. The van der Waals surface area contributed by atoms with Crippen molar-refractivity contribution in [2.45, 2.75) is 31.7 Å². The lowest BCUT2D eigenvalue weighted by molar-refractivity contribution is -0.116. The summed E-state index contributed by atoms with van der Waals surface area (Å²) in [7, 11) is -3.87. The highest BCUT2D eigenvalue weighted by Gasteiger charge is 2.27. The van der Waals surface area contributed by atoms with Crippen LogP contribution in [-0.4, -0.2) is 25.2 Å². The largest absolute Gasteiger partial charge is 0.325 e. The molecule has 0 fully saturated rings. The minimum Gasteiger partial charge on any atom is -0.325 e. The molecule has 1 amide bonds. The molecule has 7 heteroatoms. The summed E-state index contributed by atoms with van der Waals surface area (Å²) < 4.78 is 28.6. The van der Waals surface area contributed by atoms with Crippen molar-refractivity contribution in [1.82, 2.24) is 4.31 Å². The summed E-state index contributed by atoms with van der Waals surface area (Å²) in [6.07, 6.45) is 0.907. The van der Waals surface area contributed by atoms with Gasteiger partial charge in [-0.05, 0) is 60.9 Å². The number of hydrogen-bond donors (Lipinski definition) is 1. The number of amides is 1. The van der Waals surface area contributed by atoms with Crippen LogP contribution in [0.2, 0.25) is 0 Å². The molecule has 1 N–H and O–H groups in total. The summed E-state index contributed by atoms with van der Waals surface area (Å²) in [5.41, 5.74) is 3.70. The molecule has 3 aromatic rings. The third kappa shape index (κ3) is 6.26. The van der Waals surface area contributed by atoms with Crippen molar-refractivity contribution in [1.29, 1.82) is 0 Å². The smallest absolute Gasteiger partial charge is 0.243 e. The molecule has 162 valence electrons. The first-order chi connectivity index (χ1) is 14.8. The Hall–Kier alpha value is -2.48. The Balaban J connectivity index is 1.84. The molecule has 0 aliphatic carbocycles. The second-order valence-electron chi connectivity index (χ2n) is 7.31. The van der Waals surface area contributed by atoms with E-state index in [1.54, 1.807) is 12.1 Å². The van der Waals surface area contributed by atoms with E-state index in [0.29, 0.717) is 5.69 Å².